The van der Waals surface area contributed by atoms with Crippen LogP contribution in [-0.4, -0.2) is 27.8 Å². The maximum Gasteiger partial charge on any atom is 0.495 e. The van der Waals surface area contributed by atoms with Crippen LogP contribution >= 0.6 is 0 Å². The number of hydrogen-bond donors (Lipinski definition) is 0. The Bertz CT molecular complexity index is 725. The third-order valence-electron chi connectivity index (χ3n) is 4.60. The first-order valence-electron chi connectivity index (χ1n) is 7.49. The molecule has 0 unspecified atom stereocenters. The largest absolute Gasteiger partial charge is 0.495 e. The number of rotatable bonds is 3. The quantitative estimate of drug-likeness (QED) is 0.496. The molecule has 2 heterocycles. The van der Waals surface area contributed by atoms with Gasteiger partial charge in [-0.15, -0.1) is 0 Å². The Morgan fingerprint density at radius 1 is 1.09 bits per heavy atom. The van der Waals surface area contributed by atoms with Crippen molar-refractivity contribution >= 4 is 18.3 Å². The lowest BCUT2D eigenvalue weighted by molar-refractivity contribution is -0.384. The van der Waals surface area contributed by atoms with Crippen LogP contribution in [0.3, 0.4) is 0 Å². The second-order valence-electron chi connectivity index (χ2n) is 6.68. The number of nitro groups is 1. The Balaban J connectivity index is 2.00. The molecule has 23 heavy (non-hydrogen) atoms. The average molecular weight is 314 g/mol. The van der Waals surface area contributed by atoms with E-state index in [-0.39, 0.29) is 10.6 Å². The molecule has 1 aromatic heterocycles. The molecule has 0 radical (unpaired) electrons. The standard InChI is InChI=1S/C16H19BN2O4/c1-15(2)16(3,4)23-17(22-15)12-7-8-13(14(11-12)19(20)21)18-9-5-6-10-18/h5-11H,1-4H3. The van der Waals surface area contributed by atoms with Gasteiger partial charge in [-0.1, -0.05) is 6.07 Å². The molecule has 2 aromatic rings. The fourth-order valence-electron chi connectivity index (χ4n) is 2.53. The van der Waals surface area contributed by atoms with Crippen molar-refractivity contribution in [3.8, 4) is 5.69 Å². The van der Waals surface area contributed by atoms with Gasteiger partial charge in [0.2, 0.25) is 0 Å². The summed E-state index contributed by atoms with van der Waals surface area (Å²) in [5.41, 5.74) is 0.219. The molecule has 0 amide bonds. The monoisotopic (exact) mass is 314 g/mol. The Labute approximate surface area is 135 Å². The van der Waals surface area contributed by atoms with Crippen molar-refractivity contribution in [2.45, 2.75) is 38.9 Å². The number of aromatic nitrogens is 1. The van der Waals surface area contributed by atoms with Crippen LogP contribution in [0, 0.1) is 10.1 Å². The Morgan fingerprint density at radius 3 is 2.17 bits per heavy atom. The Kier molecular flexibility index (Phi) is 3.57. The Hall–Kier alpha value is -2.12. The summed E-state index contributed by atoms with van der Waals surface area (Å²) in [6, 6.07) is 8.71. The maximum absolute atomic E-state index is 11.4. The second-order valence-corrected chi connectivity index (χ2v) is 6.68. The van der Waals surface area contributed by atoms with E-state index in [0.717, 1.165) is 0 Å². The fraction of sp³-hybridized carbons (Fsp3) is 0.375. The molecule has 1 aliphatic rings. The molecule has 3 rings (SSSR count). The predicted molar refractivity (Wildman–Crippen MR) is 88.1 cm³/mol. The summed E-state index contributed by atoms with van der Waals surface area (Å²) in [5.74, 6) is 0. The molecule has 0 bridgehead atoms. The number of nitrogens with zero attached hydrogens (tertiary/aromatic N) is 2. The van der Waals surface area contributed by atoms with Crippen molar-refractivity contribution in [3.63, 3.8) is 0 Å². The molecule has 1 saturated heterocycles. The highest BCUT2D eigenvalue weighted by atomic mass is 16.7. The molecular weight excluding hydrogens is 295 g/mol. The maximum atomic E-state index is 11.4. The first kappa shape index (κ1) is 15.8. The van der Waals surface area contributed by atoms with E-state index in [1.165, 1.54) is 6.07 Å². The van der Waals surface area contributed by atoms with Gasteiger partial charge in [0.15, 0.2) is 0 Å². The summed E-state index contributed by atoms with van der Waals surface area (Å²) >= 11 is 0. The van der Waals surface area contributed by atoms with E-state index in [0.29, 0.717) is 11.2 Å². The van der Waals surface area contributed by atoms with Crippen LogP contribution in [0.1, 0.15) is 27.7 Å². The number of nitro benzene ring substituents is 1. The zero-order chi connectivity index (χ0) is 16.8. The highest BCUT2D eigenvalue weighted by Crippen LogP contribution is 2.36. The zero-order valence-electron chi connectivity index (χ0n) is 13.6. The molecule has 1 aliphatic heterocycles. The van der Waals surface area contributed by atoms with Crippen LogP contribution in [0.15, 0.2) is 42.7 Å². The van der Waals surface area contributed by atoms with Crippen LogP contribution in [0.5, 0.6) is 0 Å². The van der Waals surface area contributed by atoms with Gasteiger partial charge in [-0.05, 0) is 51.4 Å². The molecule has 120 valence electrons. The van der Waals surface area contributed by atoms with Crippen molar-refractivity contribution in [2.24, 2.45) is 0 Å². The van der Waals surface area contributed by atoms with Crippen LogP contribution in [0.4, 0.5) is 5.69 Å². The summed E-state index contributed by atoms with van der Waals surface area (Å²) in [5, 5.41) is 11.4. The lowest BCUT2D eigenvalue weighted by Gasteiger charge is -2.32. The average Bonchev–Trinajstić information content (AvgIpc) is 3.05. The number of benzene rings is 1. The summed E-state index contributed by atoms with van der Waals surface area (Å²) in [6.45, 7) is 7.82. The Morgan fingerprint density at radius 2 is 1.65 bits per heavy atom. The summed E-state index contributed by atoms with van der Waals surface area (Å²) < 4.78 is 13.6. The normalized spacial score (nSPS) is 19.0. The topological polar surface area (TPSA) is 66.5 Å². The van der Waals surface area contributed by atoms with Crippen molar-refractivity contribution in [3.05, 3.63) is 52.8 Å². The predicted octanol–water partition coefficient (Wildman–Crippen LogP) is 2.68. The molecular formula is C16H19BN2O4. The third kappa shape index (κ3) is 2.66. The van der Waals surface area contributed by atoms with Gasteiger partial charge in [-0.25, -0.2) is 0 Å². The molecule has 0 aliphatic carbocycles. The molecule has 0 N–H and O–H groups in total. The van der Waals surface area contributed by atoms with Crippen LogP contribution in [0.25, 0.3) is 5.69 Å². The van der Waals surface area contributed by atoms with E-state index in [4.69, 9.17) is 9.31 Å². The molecule has 7 heteroatoms. The van der Waals surface area contributed by atoms with E-state index in [1.807, 2.05) is 45.9 Å². The minimum absolute atomic E-state index is 0.0217. The van der Waals surface area contributed by atoms with E-state index < -0.39 is 18.3 Å². The van der Waals surface area contributed by atoms with Gasteiger partial charge in [-0.2, -0.15) is 0 Å². The number of hydrogen-bond acceptors (Lipinski definition) is 4. The summed E-state index contributed by atoms with van der Waals surface area (Å²) in [4.78, 5) is 11.1. The minimum Gasteiger partial charge on any atom is -0.399 e. The van der Waals surface area contributed by atoms with E-state index in [9.17, 15) is 10.1 Å². The zero-order valence-corrected chi connectivity index (χ0v) is 13.6. The smallest absolute Gasteiger partial charge is 0.399 e. The van der Waals surface area contributed by atoms with Gasteiger partial charge >= 0.3 is 7.12 Å². The van der Waals surface area contributed by atoms with Gasteiger partial charge in [0.05, 0.1) is 16.1 Å². The molecule has 0 saturated carbocycles. The second kappa shape index (κ2) is 5.21. The third-order valence-corrected chi connectivity index (χ3v) is 4.60. The van der Waals surface area contributed by atoms with Crippen molar-refractivity contribution < 1.29 is 14.2 Å². The fourth-order valence-corrected chi connectivity index (χ4v) is 2.53. The SMILES string of the molecule is CC1(C)OB(c2ccc(-n3cccc3)c([N+](=O)[O-])c2)OC1(C)C. The van der Waals surface area contributed by atoms with E-state index in [1.54, 1.807) is 23.0 Å². The van der Waals surface area contributed by atoms with Gasteiger partial charge in [0.1, 0.15) is 5.69 Å². The van der Waals surface area contributed by atoms with Gasteiger partial charge < -0.3 is 13.9 Å². The molecule has 0 atom stereocenters. The first-order chi connectivity index (χ1) is 10.7. The van der Waals surface area contributed by atoms with Crippen molar-refractivity contribution in [1.29, 1.82) is 0 Å². The van der Waals surface area contributed by atoms with Gasteiger partial charge in [0.25, 0.3) is 5.69 Å². The lowest BCUT2D eigenvalue weighted by Crippen LogP contribution is -2.41. The first-order valence-corrected chi connectivity index (χ1v) is 7.49. The van der Waals surface area contributed by atoms with Gasteiger partial charge in [-0.3, -0.25) is 10.1 Å². The summed E-state index contributed by atoms with van der Waals surface area (Å²) in [6.07, 6.45) is 3.55. The van der Waals surface area contributed by atoms with Crippen LogP contribution in [-0.2, 0) is 9.31 Å². The van der Waals surface area contributed by atoms with Crippen molar-refractivity contribution in [1.82, 2.24) is 4.57 Å². The van der Waals surface area contributed by atoms with Crippen LogP contribution < -0.4 is 5.46 Å². The highest BCUT2D eigenvalue weighted by molar-refractivity contribution is 6.62. The van der Waals surface area contributed by atoms with Crippen molar-refractivity contribution in [2.75, 3.05) is 0 Å². The minimum atomic E-state index is -0.614. The lowest BCUT2D eigenvalue weighted by atomic mass is 9.79. The highest BCUT2D eigenvalue weighted by Gasteiger charge is 2.52. The van der Waals surface area contributed by atoms with Gasteiger partial charge in [0, 0.05) is 18.5 Å². The molecule has 1 aromatic carbocycles. The summed E-state index contributed by atoms with van der Waals surface area (Å²) in [7, 11) is -0.614. The van der Waals surface area contributed by atoms with E-state index in [2.05, 4.69) is 0 Å². The molecule has 0 spiro atoms. The van der Waals surface area contributed by atoms with Crippen LogP contribution in [0.2, 0.25) is 0 Å². The molecule has 6 nitrogen and oxygen atoms in total. The van der Waals surface area contributed by atoms with E-state index >= 15 is 0 Å². The molecule has 1 fully saturated rings.